The van der Waals surface area contributed by atoms with Crippen molar-refractivity contribution in [3.8, 4) is 0 Å². The van der Waals surface area contributed by atoms with E-state index in [0.29, 0.717) is 37.0 Å². The molecule has 2 fully saturated rings. The summed E-state index contributed by atoms with van der Waals surface area (Å²) in [5, 5.41) is 8.37. The van der Waals surface area contributed by atoms with Crippen LogP contribution in [0, 0.1) is 5.82 Å². The first-order valence-electron chi connectivity index (χ1n) is 13.3. The number of rotatable bonds is 10. The lowest BCUT2D eigenvalue weighted by molar-refractivity contribution is -0.135. The number of anilines is 1. The van der Waals surface area contributed by atoms with E-state index in [9.17, 15) is 14.0 Å². The predicted molar refractivity (Wildman–Crippen MR) is 144 cm³/mol. The Kier molecular flexibility index (Phi) is 8.21. The summed E-state index contributed by atoms with van der Waals surface area (Å²) in [5.74, 6) is -0.0798. The topological polar surface area (TPSA) is 92.0 Å². The molecule has 2 heterocycles. The molecule has 0 bridgehead atoms. The van der Waals surface area contributed by atoms with Crippen molar-refractivity contribution in [2.45, 2.75) is 37.3 Å². The Morgan fingerprint density at radius 1 is 1.05 bits per heavy atom. The number of hydrogen-bond donors (Lipinski definition) is 4. The summed E-state index contributed by atoms with van der Waals surface area (Å²) in [7, 11) is 2.05. The number of benzene rings is 2. The molecule has 0 unspecified atom stereocenters. The van der Waals surface area contributed by atoms with Crippen LogP contribution in [0.25, 0.3) is 0 Å². The second kappa shape index (κ2) is 11.9. The van der Waals surface area contributed by atoms with Crippen LogP contribution in [-0.2, 0) is 4.79 Å². The van der Waals surface area contributed by atoms with Gasteiger partial charge in [-0.3, -0.25) is 14.6 Å². The number of halogens is 1. The van der Waals surface area contributed by atoms with E-state index in [1.807, 2.05) is 35.4 Å². The number of likely N-dealkylation sites (N-methyl/N-ethyl adjacent to an activating group) is 1. The van der Waals surface area contributed by atoms with Gasteiger partial charge in [0.1, 0.15) is 11.9 Å². The fraction of sp³-hybridized carbons (Fsp3) is 0.429. The maximum absolute atomic E-state index is 13.4. The first kappa shape index (κ1) is 26.1. The molecule has 1 saturated carbocycles. The molecular weight excluding hydrogens is 485 g/mol. The number of piperazine rings is 1. The van der Waals surface area contributed by atoms with E-state index in [4.69, 9.17) is 0 Å². The zero-order valence-electron chi connectivity index (χ0n) is 21.7. The van der Waals surface area contributed by atoms with Gasteiger partial charge in [-0.2, -0.15) is 0 Å². The zero-order valence-corrected chi connectivity index (χ0v) is 21.7. The number of nitrogens with zero attached hydrogens (tertiary/aromatic N) is 3. The van der Waals surface area contributed by atoms with Crippen LogP contribution in [0.3, 0.4) is 0 Å². The molecule has 3 atom stereocenters. The Bertz CT molecular complexity index is 1130. The molecule has 2 aliphatic heterocycles. The molecule has 10 heteroatoms. The third kappa shape index (κ3) is 6.50. The number of carbonyl (C=O) groups excluding carboxylic acids is 2. The quantitative estimate of drug-likeness (QED) is 0.355. The van der Waals surface area contributed by atoms with Crippen molar-refractivity contribution in [1.29, 1.82) is 0 Å². The molecular formula is C28H36FN7O2. The highest BCUT2D eigenvalue weighted by Gasteiger charge is 2.37. The van der Waals surface area contributed by atoms with Crippen LogP contribution in [0.1, 0.15) is 41.1 Å². The largest absolute Gasteiger partial charge is 0.340 e. The van der Waals surface area contributed by atoms with E-state index in [1.54, 1.807) is 23.3 Å². The van der Waals surface area contributed by atoms with Gasteiger partial charge in [0.15, 0.2) is 0 Å². The molecule has 2 aromatic rings. The van der Waals surface area contributed by atoms with Crippen molar-refractivity contribution < 1.29 is 14.0 Å². The second-order valence-electron chi connectivity index (χ2n) is 10.2. The summed E-state index contributed by atoms with van der Waals surface area (Å²) in [4.78, 5) is 30.6. The fourth-order valence-corrected chi connectivity index (χ4v) is 5.02. The molecule has 1 aliphatic carbocycles. The summed E-state index contributed by atoms with van der Waals surface area (Å²) in [5.41, 5.74) is 8.39. The molecule has 0 aromatic heterocycles. The summed E-state index contributed by atoms with van der Waals surface area (Å²) in [6, 6.07) is 13.7. The number of hydrazine groups is 2. The monoisotopic (exact) mass is 521 g/mol. The standard InChI is InChI=1S/C28H36FN7O2/c1-34-15-17-35(18-16-34)28(38)25(3-2-12-30-26-19-24(26)20-4-8-22(29)9-5-20)32-27(37)21-6-10-23(11-7-21)36-14-13-31-33-36/h4-11,13-14,24-26,30-31,33H,2-3,12,15-19H2,1H3,(H,32,37)/t24-,25+,26-/m0/s1. The van der Waals surface area contributed by atoms with Gasteiger partial charge in [0.25, 0.3) is 5.91 Å². The molecule has 9 nitrogen and oxygen atoms in total. The minimum absolute atomic E-state index is 0.0174. The average molecular weight is 522 g/mol. The van der Waals surface area contributed by atoms with Crippen LogP contribution in [0.2, 0.25) is 0 Å². The Morgan fingerprint density at radius 2 is 1.79 bits per heavy atom. The molecule has 202 valence electrons. The first-order valence-corrected chi connectivity index (χ1v) is 13.3. The molecule has 2 amide bonds. The zero-order chi connectivity index (χ0) is 26.5. The summed E-state index contributed by atoms with van der Waals surface area (Å²) >= 11 is 0. The Hall–Kier alpha value is -3.47. The molecule has 5 rings (SSSR count). The van der Waals surface area contributed by atoms with Gasteiger partial charge in [-0.05, 0) is 74.8 Å². The first-order chi connectivity index (χ1) is 18.5. The Morgan fingerprint density at radius 3 is 2.47 bits per heavy atom. The van der Waals surface area contributed by atoms with Crippen LogP contribution in [0.4, 0.5) is 10.1 Å². The molecule has 3 aliphatic rings. The second-order valence-corrected chi connectivity index (χ2v) is 10.2. The van der Waals surface area contributed by atoms with Crippen LogP contribution < -0.4 is 26.6 Å². The van der Waals surface area contributed by atoms with Gasteiger partial charge in [-0.15, -0.1) is 5.53 Å². The van der Waals surface area contributed by atoms with E-state index >= 15 is 0 Å². The van der Waals surface area contributed by atoms with Crippen molar-refractivity contribution in [3.63, 3.8) is 0 Å². The summed E-state index contributed by atoms with van der Waals surface area (Å²) < 4.78 is 13.2. The number of nitrogens with one attached hydrogen (secondary N) is 4. The van der Waals surface area contributed by atoms with Gasteiger partial charge in [-0.25, -0.2) is 4.39 Å². The van der Waals surface area contributed by atoms with Gasteiger partial charge in [0.05, 0.1) is 5.69 Å². The van der Waals surface area contributed by atoms with E-state index < -0.39 is 6.04 Å². The molecule has 1 saturated heterocycles. The molecule has 4 N–H and O–H groups in total. The van der Waals surface area contributed by atoms with Crippen LogP contribution in [0.5, 0.6) is 0 Å². The lowest BCUT2D eigenvalue weighted by atomic mass is 10.1. The average Bonchev–Trinajstić information content (AvgIpc) is 3.49. The number of amides is 2. The van der Waals surface area contributed by atoms with Crippen molar-refractivity contribution in [1.82, 2.24) is 31.4 Å². The third-order valence-corrected chi connectivity index (χ3v) is 7.48. The van der Waals surface area contributed by atoms with Crippen LogP contribution in [0.15, 0.2) is 60.9 Å². The Labute approximate surface area is 223 Å². The van der Waals surface area contributed by atoms with Crippen LogP contribution in [-0.4, -0.2) is 73.5 Å². The fourth-order valence-electron chi connectivity index (χ4n) is 5.02. The van der Waals surface area contributed by atoms with Gasteiger partial charge in [0, 0.05) is 56.1 Å². The highest BCUT2D eigenvalue weighted by molar-refractivity contribution is 5.97. The summed E-state index contributed by atoms with van der Waals surface area (Å²) in [6.45, 7) is 3.75. The number of carbonyl (C=O) groups is 2. The van der Waals surface area contributed by atoms with Crippen LogP contribution >= 0.6 is 0 Å². The van der Waals surface area contributed by atoms with E-state index in [2.05, 4.69) is 33.5 Å². The van der Waals surface area contributed by atoms with Crippen molar-refractivity contribution in [3.05, 3.63) is 77.9 Å². The highest BCUT2D eigenvalue weighted by Crippen LogP contribution is 2.40. The third-order valence-electron chi connectivity index (χ3n) is 7.48. The van der Waals surface area contributed by atoms with Gasteiger partial charge < -0.3 is 25.9 Å². The Balaban J connectivity index is 1.15. The van der Waals surface area contributed by atoms with E-state index in [0.717, 1.165) is 43.7 Å². The maximum atomic E-state index is 13.4. The summed E-state index contributed by atoms with van der Waals surface area (Å²) in [6.07, 6.45) is 5.97. The van der Waals surface area contributed by atoms with Gasteiger partial charge in [0.2, 0.25) is 5.91 Å². The minimum Gasteiger partial charge on any atom is -0.340 e. The predicted octanol–water partition coefficient (Wildman–Crippen LogP) is 1.92. The normalized spacial score (nSPS) is 21.7. The van der Waals surface area contributed by atoms with Gasteiger partial charge in [-0.1, -0.05) is 12.1 Å². The van der Waals surface area contributed by atoms with Crippen molar-refractivity contribution in [2.24, 2.45) is 0 Å². The molecule has 0 spiro atoms. The van der Waals surface area contributed by atoms with Crippen molar-refractivity contribution >= 4 is 17.5 Å². The maximum Gasteiger partial charge on any atom is 0.251 e. The van der Waals surface area contributed by atoms with Gasteiger partial charge >= 0.3 is 0 Å². The van der Waals surface area contributed by atoms with Crippen molar-refractivity contribution in [2.75, 3.05) is 44.8 Å². The molecule has 2 aromatic carbocycles. The lowest BCUT2D eigenvalue weighted by Crippen LogP contribution is -2.54. The minimum atomic E-state index is -0.577. The molecule has 38 heavy (non-hydrogen) atoms. The highest BCUT2D eigenvalue weighted by atomic mass is 19.1. The smallest absolute Gasteiger partial charge is 0.251 e. The lowest BCUT2D eigenvalue weighted by Gasteiger charge is -2.34. The number of hydrogen-bond acceptors (Lipinski definition) is 7. The molecule has 0 radical (unpaired) electrons. The van der Waals surface area contributed by atoms with E-state index in [1.165, 1.54) is 12.1 Å². The SMILES string of the molecule is CN1CCN(C(=O)[C@@H](CCCN[C@H]2C[C@H]2c2ccc(F)cc2)NC(=O)c2ccc(N3C=CNN3)cc2)CC1. The van der Waals surface area contributed by atoms with E-state index in [-0.39, 0.29) is 17.6 Å².